The summed E-state index contributed by atoms with van der Waals surface area (Å²) in [4.78, 5) is 4.61. The largest absolute Gasteiger partial charge is 0.363 e. The predicted molar refractivity (Wildman–Crippen MR) is 124 cm³/mol. The molecule has 2 aromatic rings. The van der Waals surface area contributed by atoms with E-state index in [0.717, 1.165) is 54.6 Å². The van der Waals surface area contributed by atoms with Crippen molar-refractivity contribution < 1.29 is 4.52 Å². The summed E-state index contributed by atoms with van der Waals surface area (Å²) in [5.74, 6) is 9.76. The fourth-order valence-corrected chi connectivity index (χ4v) is 3.55. The molecular weight excluding hydrogens is 372 g/mol. The van der Waals surface area contributed by atoms with Gasteiger partial charge >= 0.3 is 0 Å². The maximum atomic E-state index is 5.15. The molecule has 0 aliphatic heterocycles. The number of unbranched alkanes of at least 4 members (excludes halogenated alkanes) is 6. The molecule has 0 aliphatic rings. The molecule has 2 aromatic heterocycles. The predicted octanol–water partition coefficient (Wildman–Crippen LogP) is 6.65. The first-order chi connectivity index (χ1) is 14.0. The summed E-state index contributed by atoms with van der Waals surface area (Å²) in [6.45, 7) is 9.07. The molecule has 0 fully saturated rings. The van der Waals surface area contributed by atoms with Crippen LogP contribution in [0.15, 0.2) is 29.1 Å². The van der Waals surface area contributed by atoms with Crippen LogP contribution < -0.4 is 0 Å². The van der Waals surface area contributed by atoms with Gasteiger partial charge in [-0.2, -0.15) is 0 Å². The van der Waals surface area contributed by atoms with E-state index in [2.05, 4.69) is 72.1 Å². The number of rotatable bonds is 9. The van der Waals surface area contributed by atoms with Gasteiger partial charge < -0.3 is 4.52 Å². The summed E-state index contributed by atoms with van der Waals surface area (Å²) in [5.41, 5.74) is 7.14. The highest BCUT2D eigenvalue weighted by Gasteiger charge is 2.09. The van der Waals surface area contributed by atoms with Crippen LogP contribution in [0.1, 0.15) is 69.5 Å². The van der Waals surface area contributed by atoms with E-state index in [-0.39, 0.29) is 0 Å². The topological polar surface area (TPSA) is 38.9 Å². The highest BCUT2D eigenvalue weighted by molar-refractivity contribution is 6.83. The standard InChI is InChI=1S/C25H34N2OSi/c1-5-6-7-9-12-15-23-21-28-27-25(23)22-17-18-24(26-20-22)16-13-10-8-11-14-19-29(2,3)4/h17-18,20-21H,5-11,13,16H2,1-4H3. The third kappa shape index (κ3) is 9.16. The lowest BCUT2D eigenvalue weighted by molar-refractivity contribution is 0.422. The number of hydrogen-bond donors (Lipinski definition) is 0. The van der Waals surface area contributed by atoms with Crippen LogP contribution in [0, 0.1) is 23.3 Å². The Balaban J connectivity index is 1.80. The summed E-state index contributed by atoms with van der Waals surface area (Å²) >= 11 is 0. The Kier molecular flexibility index (Phi) is 9.75. The third-order valence-corrected chi connectivity index (χ3v) is 5.42. The van der Waals surface area contributed by atoms with E-state index in [9.17, 15) is 0 Å². The van der Waals surface area contributed by atoms with Crippen molar-refractivity contribution in [1.82, 2.24) is 10.1 Å². The van der Waals surface area contributed by atoms with Crippen LogP contribution in [0.5, 0.6) is 0 Å². The number of aromatic nitrogens is 2. The maximum absolute atomic E-state index is 5.15. The Morgan fingerprint density at radius 2 is 1.76 bits per heavy atom. The quantitative estimate of drug-likeness (QED) is 0.266. The molecule has 0 bridgehead atoms. The molecule has 0 saturated heterocycles. The van der Waals surface area contributed by atoms with E-state index < -0.39 is 8.07 Å². The summed E-state index contributed by atoms with van der Waals surface area (Å²) < 4.78 is 5.15. The molecule has 0 atom stereocenters. The second kappa shape index (κ2) is 12.3. The zero-order valence-electron chi connectivity index (χ0n) is 18.5. The van der Waals surface area contributed by atoms with Crippen molar-refractivity contribution in [1.29, 1.82) is 0 Å². The first kappa shape index (κ1) is 23.0. The molecule has 0 unspecified atom stereocenters. The van der Waals surface area contributed by atoms with Gasteiger partial charge in [0.05, 0.1) is 5.56 Å². The van der Waals surface area contributed by atoms with Gasteiger partial charge in [-0.1, -0.05) is 62.8 Å². The maximum Gasteiger partial charge on any atom is 0.140 e. The monoisotopic (exact) mass is 406 g/mol. The summed E-state index contributed by atoms with van der Waals surface area (Å²) in [6.07, 6.45) is 13.6. The van der Waals surface area contributed by atoms with Crippen LogP contribution in [0.2, 0.25) is 19.6 Å². The van der Waals surface area contributed by atoms with E-state index in [1.807, 2.05) is 6.20 Å². The lowest BCUT2D eigenvalue weighted by atomic mass is 10.1. The summed E-state index contributed by atoms with van der Waals surface area (Å²) in [7, 11) is -1.22. The van der Waals surface area contributed by atoms with Crippen LogP contribution in [0.25, 0.3) is 11.3 Å². The fourth-order valence-electron chi connectivity index (χ4n) is 2.89. The lowest BCUT2D eigenvalue weighted by Crippen LogP contribution is -2.16. The molecule has 29 heavy (non-hydrogen) atoms. The van der Waals surface area contributed by atoms with Gasteiger partial charge in [0.25, 0.3) is 0 Å². The van der Waals surface area contributed by atoms with Crippen molar-refractivity contribution in [2.45, 2.75) is 84.4 Å². The second-order valence-corrected chi connectivity index (χ2v) is 13.2. The van der Waals surface area contributed by atoms with Gasteiger partial charge in [0, 0.05) is 30.3 Å². The highest BCUT2D eigenvalue weighted by Crippen LogP contribution is 2.21. The minimum atomic E-state index is -1.22. The van der Waals surface area contributed by atoms with Crippen LogP contribution in [-0.2, 0) is 6.42 Å². The number of hydrogen-bond acceptors (Lipinski definition) is 3. The molecule has 2 heterocycles. The minimum absolute atomic E-state index is 0.785. The normalized spacial score (nSPS) is 10.8. The molecular formula is C25H34N2OSi. The van der Waals surface area contributed by atoms with Gasteiger partial charge in [-0.15, -0.1) is 11.5 Å². The molecule has 0 radical (unpaired) electrons. The van der Waals surface area contributed by atoms with E-state index in [1.165, 1.54) is 25.7 Å². The van der Waals surface area contributed by atoms with Crippen LogP contribution in [-0.4, -0.2) is 18.2 Å². The van der Waals surface area contributed by atoms with E-state index >= 15 is 0 Å². The first-order valence-electron chi connectivity index (χ1n) is 10.9. The number of aryl methyl sites for hydroxylation is 1. The zero-order chi connectivity index (χ0) is 21.0. The van der Waals surface area contributed by atoms with Crippen molar-refractivity contribution in [3.63, 3.8) is 0 Å². The summed E-state index contributed by atoms with van der Waals surface area (Å²) in [5, 5.41) is 4.12. The minimum Gasteiger partial charge on any atom is -0.363 e. The molecule has 0 spiro atoms. The van der Waals surface area contributed by atoms with Crippen LogP contribution in [0.4, 0.5) is 0 Å². The molecule has 0 amide bonds. The van der Waals surface area contributed by atoms with Gasteiger partial charge in [0.2, 0.25) is 0 Å². The Labute approximate surface area is 177 Å². The number of pyridine rings is 1. The fraction of sp³-hybridized carbons (Fsp3) is 0.520. The van der Waals surface area contributed by atoms with Crippen molar-refractivity contribution in [3.8, 4) is 34.6 Å². The van der Waals surface area contributed by atoms with Gasteiger partial charge in [-0.3, -0.25) is 4.98 Å². The van der Waals surface area contributed by atoms with Gasteiger partial charge in [0.15, 0.2) is 0 Å². The number of nitrogens with zero attached hydrogens (tertiary/aromatic N) is 2. The van der Waals surface area contributed by atoms with Crippen molar-refractivity contribution >= 4 is 8.07 Å². The lowest BCUT2D eigenvalue weighted by Gasteiger charge is -2.03. The Morgan fingerprint density at radius 1 is 0.966 bits per heavy atom. The van der Waals surface area contributed by atoms with E-state index in [4.69, 9.17) is 4.52 Å². The molecule has 4 heteroatoms. The second-order valence-electron chi connectivity index (χ2n) is 8.49. The molecule has 0 aromatic carbocycles. The van der Waals surface area contributed by atoms with Gasteiger partial charge in [-0.05, 0) is 37.8 Å². The van der Waals surface area contributed by atoms with Gasteiger partial charge in [-0.25, -0.2) is 0 Å². The van der Waals surface area contributed by atoms with Gasteiger partial charge in [0.1, 0.15) is 20.0 Å². The smallest absolute Gasteiger partial charge is 0.140 e. The van der Waals surface area contributed by atoms with E-state index in [1.54, 1.807) is 6.26 Å². The van der Waals surface area contributed by atoms with Crippen LogP contribution >= 0.6 is 0 Å². The highest BCUT2D eigenvalue weighted by atomic mass is 28.3. The molecule has 0 aliphatic carbocycles. The average Bonchev–Trinajstić information content (AvgIpc) is 3.15. The Morgan fingerprint density at radius 3 is 2.48 bits per heavy atom. The third-order valence-electron chi connectivity index (χ3n) is 4.49. The zero-order valence-corrected chi connectivity index (χ0v) is 19.5. The Hall–Kier alpha value is -2.30. The molecule has 0 saturated carbocycles. The van der Waals surface area contributed by atoms with Crippen molar-refractivity contribution in [2.75, 3.05) is 0 Å². The summed E-state index contributed by atoms with van der Waals surface area (Å²) in [6, 6.07) is 4.16. The average molecular weight is 407 g/mol. The van der Waals surface area contributed by atoms with Crippen molar-refractivity contribution in [2.24, 2.45) is 0 Å². The molecule has 154 valence electrons. The van der Waals surface area contributed by atoms with Crippen LogP contribution in [0.3, 0.4) is 0 Å². The molecule has 0 N–H and O–H groups in total. The molecule has 2 rings (SSSR count). The molecule has 3 nitrogen and oxygen atoms in total. The van der Waals surface area contributed by atoms with Crippen molar-refractivity contribution in [3.05, 3.63) is 35.9 Å². The van der Waals surface area contributed by atoms with E-state index in [0.29, 0.717) is 0 Å². The SMILES string of the molecule is CCCCCC#Cc1conc1-c1ccc(CCCCCC#C[Si](C)(C)C)nc1. The first-order valence-corrected chi connectivity index (χ1v) is 14.4. The Bertz CT molecular complexity index is 854.